The van der Waals surface area contributed by atoms with E-state index >= 15 is 0 Å². The summed E-state index contributed by atoms with van der Waals surface area (Å²) >= 11 is 0. The lowest BCUT2D eigenvalue weighted by Gasteiger charge is -2.07. The molecule has 0 saturated heterocycles. The summed E-state index contributed by atoms with van der Waals surface area (Å²) in [6, 6.07) is 2.40. The smallest absolute Gasteiger partial charge is 0.345 e. The third-order valence-corrected chi connectivity index (χ3v) is 2.16. The zero-order valence-electron chi connectivity index (χ0n) is 10.2. The molecule has 0 heterocycles. The van der Waals surface area contributed by atoms with Crippen molar-refractivity contribution in [2.45, 2.75) is 13.1 Å². The van der Waals surface area contributed by atoms with E-state index in [1.807, 2.05) is 0 Å². The number of alkyl halides is 3. The molecule has 1 aromatic rings. The van der Waals surface area contributed by atoms with Gasteiger partial charge < -0.3 is 5.32 Å². The predicted octanol–water partition coefficient (Wildman–Crippen LogP) is 2.10. The van der Waals surface area contributed by atoms with Crippen molar-refractivity contribution in [2.75, 3.05) is 6.54 Å². The van der Waals surface area contributed by atoms with Crippen molar-refractivity contribution in [3.63, 3.8) is 0 Å². The Labute approximate surface area is 111 Å². The van der Waals surface area contributed by atoms with Crippen LogP contribution in [0.2, 0.25) is 0 Å². The standard InChI is InChI=1S/C12H9F3N2O3/c1-8(18)16-6-2-3-9-4-5-10(12(13,14)15)11(7-9)17(19)20/h4-5,7H,6H2,1H3,(H,16,18). The normalized spacial score (nSPS) is 10.4. The van der Waals surface area contributed by atoms with E-state index in [1.54, 1.807) is 0 Å². The van der Waals surface area contributed by atoms with Gasteiger partial charge in [-0.15, -0.1) is 0 Å². The fraction of sp³-hybridized carbons (Fsp3) is 0.250. The zero-order chi connectivity index (χ0) is 15.3. The quantitative estimate of drug-likeness (QED) is 0.514. The highest BCUT2D eigenvalue weighted by Crippen LogP contribution is 2.36. The van der Waals surface area contributed by atoms with Crippen molar-refractivity contribution in [3.05, 3.63) is 39.4 Å². The number of nitro benzene ring substituents is 1. The van der Waals surface area contributed by atoms with E-state index in [-0.39, 0.29) is 18.0 Å². The second-order valence-electron chi connectivity index (χ2n) is 3.70. The molecule has 1 amide bonds. The van der Waals surface area contributed by atoms with Gasteiger partial charge in [0.05, 0.1) is 11.5 Å². The van der Waals surface area contributed by atoms with Crippen LogP contribution in [0.5, 0.6) is 0 Å². The van der Waals surface area contributed by atoms with E-state index in [4.69, 9.17) is 0 Å². The maximum Gasteiger partial charge on any atom is 0.422 e. The molecule has 0 atom stereocenters. The molecule has 1 rings (SSSR count). The minimum atomic E-state index is -4.80. The summed E-state index contributed by atoms with van der Waals surface area (Å²) in [5.41, 5.74) is -2.31. The van der Waals surface area contributed by atoms with Gasteiger partial charge in [0.15, 0.2) is 0 Å². The number of amides is 1. The van der Waals surface area contributed by atoms with Crippen molar-refractivity contribution in [2.24, 2.45) is 0 Å². The maximum absolute atomic E-state index is 12.5. The van der Waals surface area contributed by atoms with Crippen LogP contribution < -0.4 is 5.32 Å². The van der Waals surface area contributed by atoms with Crippen molar-refractivity contribution in [3.8, 4) is 11.8 Å². The maximum atomic E-state index is 12.5. The number of rotatable bonds is 2. The molecular weight excluding hydrogens is 277 g/mol. The van der Waals surface area contributed by atoms with Crippen LogP contribution in [-0.4, -0.2) is 17.4 Å². The molecule has 1 N–H and O–H groups in total. The van der Waals surface area contributed by atoms with E-state index in [0.29, 0.717) is 6.07 Å². The molecule has 0 aliphatic heterocycles. The highest BCUT2D eigenvalue weighted by Gasteiger charge is 2.38. The monoisotopic (exact) mass is 286 g/mol. The van der Waals surface area contributed by atoms with Gasteiger partial charge in [0.25, 0.3) is 5.69 Å². The molecule has 0 spiro atoms. The Hall–Kier alpha value is -2.56. The summed E-state index contributed by atoms with van der Waals surface area (Å²) < 4.78 is 37.6. The van der Waals surface area contributed by atoms with Crippen molar-refractivity contribution >= 4 is 11.6 Å². The summed E-state index contributed by atoms with van der Waals surface area (Å²) in [6.07, 6.45) is -4.80. The molecule has 5 nitrogen and oxygen atoms in total. The van der Waals surface area contributed by atoms with Gasteiger partial charge in [0.2, 0.25) is 5.91 Å². The van der Waals surface area contributed by atoms with Gasteiger partial charge >= 0.3 is 6.18 Å². The number of carbonyl (C=O) groups is 1. The highest BCUT2D eigenvalue weighted by molar-refractivity contribution is 5.73. The molecule has 0 aliphatic rings. The van der Waals surface area contributed by atoms with Gasteiger partial charge in [0, 0.05) is 18.6 Å². The van der Waals surface area contributed by atoms with Crippen molar-refractivity contribution in [1.29, 1.82) is 0 Å². The van der Waals surface area contributed by atoms with E-state index in [2.05, 4.69) is 17.2 Å². The minimum Gasteiger partial charge on any atom is -0.345 e. The second-order valence-corrected chi connectivity index (χ2v) is 3.70. The number of hydrogen-bond acceptors (Lipinski definition) is 3. The summed E-state index contributed by atoms with van der Waals surface area (Å²) in [5, 5.41) is 13.0. The summed E-state index contributed by atoms with van der Waals surface area (Å²) in [5.74, 6) is 4.60. The van der Waals surface area contributed by atoms with Gasteiger partial charge in [-0.3, -0.25) is 14.9 Å². The Morgan fingerprint density at radius 1 is 1.45 bits per heavy atom. The molecule has 0 unspecified atom stereocenters. The Morgan fingerprint density at radius 3 is 2.60 bits per heavy atom. The molecule has 0 aliphatic carbocycles. The van der Waals surface area contributed by atoms with E-state index in [0.717, 1.165) is 12.1 Å². The van der Waals surface area contributed by atoms with E-state index in [9.17, 15) is 28.1 Å². The van der Waals surface area contributed by atoms with Crippen molar-refractivity contribution < 1.29 is 22.9 Å². The molecule has 0 aromatic heterocycles. The summed E-state index contributed by atoms with van der Waals surface area (Å²) in [4.78, 5) is 20.1. The molecule has 1 aromatic carbocycles. The third-order valence-electron chi connectivity index (χ3n) is 2.16. The molecule has 0 saturated carbocycles. The first-order chi connectivity index (χ1) is 9.21. The lowest BCUT2D eigenvalue weighted by molar-refractivity contribution is -0.388. The number of nitro groups is 1. The van der Waals surface area contributed by atoms with Crippen LogP contribution in [-0.2, 0) is 11.0 Å². The van der Waals surface area contributed by atoms with Crippen LogP contribution >= 0.6 is 0 Å². The van der Waals surface area contributed by atoms with Crippen LogP contribution in [0.25, 0.3) is 0 Å². The van der Waals surface area contributed by atoms with E-state index < -0.39 is 22.4 Å². The van der Waals surface area contributed by atoms with Crippen LogP contribution in [0.3, 0.4) is 0 Å². The average molecular weight is 286 g/mol. The minimum absolute atomic E-state index is 0.00412. The lowest BCUT2D eigenvalue weighted by Crippen LogP contribution is -2.19. The van der Waals surface area contributed by atoms with Crippen LogP contribution in [0.4, 0.5) is 18.9 Å². The van der Waals surface area contributed by atoms with Gasteiger partial charge in [0.1, 0.15) is 5.56 Å². The zero-order valence-corrected chi connectivity index (χ0v) is 10.2. The predicted molar refractivity (Wildman–Crippen MR) is 63.7 cm³/mol. The number of nitrogens with one attached hydrogen (secondary N) is 1. The van der Waals surface area contributed by atoms with Gasteiger partial charge in [-0.1, -0.05) is 11.8 Å². The van der Waals surface area contributed by atoms with E-state index in [1.165, 1.54) is 6.92 Å². The third kappa shape index (κ3) is 4.28. The molecular formula is C12H9F3N2O3. The van der Waals surface area contributed by atoms with Crippen LogP contribution in [0.1, 0.15) is 18.1 Å². The molecule has 20 heavy (non-hydrogen) atoms. The number of carbonyl (C=O) groups excluding carboxylic acids is 1. The largest absolute Gasteiger partial charge is 0.422 e. The highest BCUT2D eigenvalue weighted by atomic mass is 19.4. The molecule has 0 fully saturated rings. The fourth-order valence-corrected chi connectivity index (χ4v) is 1.32. The van der Waals surface area contributed by atoms with Gasteiger partial charge in [-0.25, -0.2) is 0 Å². The number of halogens is 3. The number of hydrogen-bond donors (Lipinski definition) is 1. The first kappa shape index (κ1) is 15.5. The molecule has 0 bridgehead atoms. The Kier molecular flexibility index (Phi) is 4.69. The van der Waals surface area contributed by atoms with Crippen LogP contribution in [0.15, 0.2) is 18.2 Å². The number of benzene rings is 1. The van der Waals surface area contributed by atoms with Crippen LogP contribution in [0, 0.1) is 22.0 Å². The Morgan fingerprint density at radius 2 is 2.10 bits per heavy atom. The summed E-state index contributed by atoms with van der Waals surface area (Å²) in [7, 11) is 0. The average Bonchev–Trinajstić information content (AvgIpc) is 2.33. The summed E-state index contributed by atoms with van der Waals surface area (Å²) in [6.45, 7) is 1.29. The molecule has 106 valence electrons. The topological polar surface area (TPSA) is 72.2 Å². The first-order valence-corrected chi connectivity index (χ1v) is 5.30. The Bertz CT molecular complexity index is 600. The van der Waals surface area contributed by atoms with Crippen molar-refractivity contribution in [1.82, 2.24) is 5.32 Å². The second kappa shape index (κ2) is 6.06. The van der Waals surface area contributed by atoms with Gasteiger partial charge in [-0.2, -0.15) is 13.2 Å². The van der Waals surface area contributed by atoms with Gasteiger partial charge in [-0.05, 0) is 12.1 Å². The number of nitrogens with zero attached hydrogens (tertiary/aromatic N) is 1. The SMILES string of the molecule is CC(=O)NCC#Cc1ccc(C(F)(F)F)c([N+](=O)[O-])c1. The fourth-order valence-electron chi connectivity index (χ4n) is 1.32. The molecule has 0 radical (unpaired) electrons. The Balaban J connectivity index is 3.05. The molecule has 8 heteroatoms. The first-order valence-electron chi connectivity index (χ1n) is 5.30. The lowest BCUT2D eigenvalue weighted by atomic mass is 10.1.